The molecule has 108 valence electrons. The maximum atomic E-state index is 12.0. The third-order valence-corrected chi connectivity index (χ3v) is 4.05. The van der Waals surface area contributed by atoms with Crippen molar-refractivity contribution in [2.45, 2.75) is 77.3 Å². The van der Waals surface area contributed by atoms with Gasteiger partial charge in [-0.05, 0) is 44.9 Å². The van der Waals surface area contributed by atoms with Crippen LogP contribution in [-0.2, 0) is 4.79 Å². The molecule has 4 heteroatoms. The van der Waals surface area contributed by atoms with Gasteiger partial charge >= 0.3 is 0 Å². The molecule has 3 nitrogen and oxygen atoms in total. The minimum Gasteiger partial charge on any atom is -0.352 e. The van der Waals surface area contributed by atoms with E-state index in [2.05, 4.69) is 19.2 Å². The van der Waals surface area contributed by atoms with Gasteiger partial charge < -0.3 is 11.1 Å². The molecule has 1 fully saturated rings. The number of nitrogens with two attached hydrogens (primary N) is 1. The molecule has 0 aromatic heterocycles. The summed E-state index contributed by atoms with van der Waals surface area (Å²) in [6.45, 7) is 6.15. The molecule has 0 radical (unpaired) electrons. The van der Waals surface area contributed by atoms with Gasteiger partial charge in [0.2, 0.25) is 5.91 Å². The number of rotatable bonds is 5. The van der Waals surface area contributed by atoms with E-state index in [1.165, 1.54) is 19.3 Å². The summed E-state index contributed by atoms with van der Waals surface area (Å²) in [6.07, 6.45) is 7.70. The van der Waals surface area contributed by atoms with Gasteiger partial charge in [0.1, 0.15) is 0 Å². The highest BCUT2D eigenvalue weighted by Crippen LogP contribution is 2.26. The Hall–Kier alpha value is -0.280. The average molecular weight is 277 g/mol. The van der Waals surface area contributed by atoms with E-state index < -0.39 is 5.54 Å². The van der Waals surface area contributed by atoms with Gasteiger partial charge in [-0.3, -0.25) is 4.79 Å². The molecule has 18 heavy (non-hydrogen) atoms. The summed E-state index contributed by atoms with van der Waals surface area (Å²) in [5, 5.41) is 3.12. The maximum Gasteiger partial charge on any atom is 0.240 e. The Morgan fingerprint density at radius 3 is 2.28 bits per heavy atom. The van der Waals surface area contributed by atoms with Crippen molar-refractivity contribution in [1.82, 2.24) is 5.32 Å². The third kappa shape index (κ3) is 5.15. The molecule has 0 saturated heterocycles. The molecule has 3 N–H and O–H groups in total. The van der Waals surface area contributed by atoms with E-state index in [-0.39, 0.29) is 18.3 Å². The van der Waals surface area contributed by atoms with Crippen LogP contribution in [-0.4, -0.2) is 17.5 Å². The van der Waals surface area contributed by atoms with Crippen LogP contribution in [0.25, 0.3) is 0 Å². The predicted octanol–water partition coefficient (Wildman–Crippen LogP) is 3.01. The van der Waals surface area contributed by atoms with Crippen LogP contribution in [0, 0.1) is 5.92 Å². The Morgan fingerprint density at radius 2 is 1.83 bits per heavy atom. The number of hydrogen-bond acceptors (Lipinski definition) is 2. The molecule has 1 unspecified atom stereocenters. The molecule has 1 amide bonds. The summed E-state index contributed by atoms with van der Waals surface area (Å²) in [5.41, 5.74) is 5.33. The molecule has 0 heterocycles. The van der Waals surface area contributed by atoms with E-state index in [0.717, 1.165) is 31.6 Å². The van der Waals surface area contributed by atoms with E-state index in [1.54, 1.807) is 0 Å². The van der Waals surface area contributed by atoms with Crippen molar-refractivity contribution in [3.05, 3.63) is 0 Å². The van der Waals surface area contributed by atoms with Crippen LogP contribution in [0.3, 0.4) is 0 Å². The van der Waals surface area contributed by atoms with Crippen molar-refractivity contribution in [3.63, 3.8) is 0 Å². The van der Waals surface area contributed by atoms with Gasteiger partial charge in [-0.25, -0.2) is 0 Å². The molecule has 1 aliphatic carbocycles. The summed E-state index contributed by atoms with van der Waals surface area (Å²) in [5.74, 6) is 0.891. The SMILES string of the molecule is CCCC(C)(N)C(=O)NC1CCC(CC)CC1.Cl. The van der Waals surface area contributed by atoms with Crippen LogP contribution in [0.15, 0.2) is 0 Å². The summed E-state index contributed by atoms with van der Waals surface area (Å²) < 4.78 is 0. The summed E-state index contributed by atoms with van der Waals surface area (Å²) >= 11 is 0. The highest BCUT2D eigenvalue weighted by atomic mass is 35.5. The van der Waals surface area contributed by atoms with Gasteiger partial charge in [0.05, 0.1) is 5.54 Å². The van der Waals surface area contributed by atoms with E-state index >= 15 is 0 Å². The fourth-order valence-electron chi connectivity index (χ4n) is 2.70. The van der Waals surface area contributed by atoms with E-state index in [4.69, 9.17) is 5.73 Å². The molecule has 1 rings (SSSR count). The molecule has 0 spiro atoms. The summed E-state index contributed by atoms with van der Waals surface area (Å²) in [6, 6.07) is 0.352. The van der Waals surface area contributed by atoms with Crippen molar-refractivity contribution in [2.75, 3.05) is 0 Å². The fourth-order valence-corrected chi connectivity index (χ4v) is 2.70. The summed E-state index contributed by atoms with van der Waals surface area (Å²) in [4.78, 5) is 12.0. The zero-order chi connectivity index (χ0) is 12.9. The zero-order valence-electron chi connectivity index (χ0n) is 12.0. The summed E-state index contributed by atoms with van der Waals surface area (Å²) in [7, 11) is 0. The van der Waals surface area contributed by atoms with Gasteiger partial charge in [-0.15, -0.1) is 12.4 Å². The van der Waals surface area contributed by atoms with Crippen molar-refractivity contribution in [2.24, 2.45) is 11.7 Å². The molecule has 0 aliphatic heterocycles. The number of amides is 1. The van der Waals surface area contributed by atoms with Crippen molar-refractivity contribution < 1.29 is 4.79 Å². The second-order valence-electron chi connectivity index (χ2n) is 5.77. The van der Waals surface area contributed by atoms with Crippen LogP contribution in [0.1, 0.15) is 65.7 Å². The number of hydrogen-bond donors (Lipinski definition) is 2. The number of carbonyl (C=O) groups excluding carboxylic acids is 1. The van der Waals surface area contributed by atoms with Crippen LogP contribution >= 0.6 is 12.4 Å². The van der Waals surface area contributed by atoms with Gasteiger partial charge in [-0.1, -0.05) is 26.7 Å². The standard InChI is InChI=1S/C14H28N2O.ClH/c1-4-10-14(3,15)13(17)16-12-8-6-11(5-2)7-9-12;/h11-12H,4-10,15H2,1-3H3,(H,16,17);1H. The Labute approximate surface area is 118 Å². The quantitative estimate of drug-likeness (QED) is 0.811. The lowest BCUT2D eigenvalue weighted by molar-refractivity contribution is -0.127. The molecule has 1 saturated carbocycles. The van der Waals surface area contributed by atoms with Gasteiger partial charge in [-0.2, -0.15) is 0 Å². The third-order valence-electron chi connectivity index (χ3n) is 4.05. The lowest BCUT2D eigenvalue weighted by atomic mass is 9.84. The topological polar surface area (TPSA) is 55.1 Å². The Balaban J connectivity index is 0.00000289. The molecule has 0 aromatic rings. The van der Waals surface area contributed by atoms with Gasteiger partial charge in [0.15, 0.2) is 0 Å². The minimum atomic E-state index is -0.698. The molecular weight excluding hydrogens is 248 g/mol. The lowest BCUT2D eigenvalue weighted by Gasteiger charge is -2.31. The van der Waals surface area contributed by atoms with Crippen molar-refractivity contribution >= 4 is 18.3 Å². The van der Waals surface area contributed by atoms with Crippen LogP contribution < -0.4 is 11.1 Å². The minimum absolute atomic E-state index is 0. The molecule has 1 atom stereocenters. The van der Waals surface area contributed by atoms with Crippen molar-refractivity contribution in [1.29, 1.82) is 0 Å². The Morgan fingerprint density at radius 1 is 1.28 bits per heavy atom. The van der Waals surface area contributed by atoms with Crippen LogP contribution in [0.4, 0.5) is 0 Å². The van der Waals surface area contributed by atoms with E-state index in [9.17, 15) is 4.79 Å². The lowest BCUT2D eigenvalue weighted by Crippen LogP contribution is -2.54. The molecule has 1 aliphatic rings. The first-order valence-electron chi connectivity index (χ1n) is 7.09. The van der Waals surface area contributed by atoms with Crippen LogP contribution in [0.2, 0.25) is 0 Å². The second kappa shape index (κ2) is 8.00. The highest BCUT2D eigenvalue weighted by Gasteiger charge is 2.30. The fraction of sp³-hybridized carbons (Fsp3) is 0.929. The first-order chi connectivity index (χ1) is 7.99. The largest absolute Gasteiger partial charge is 0.352 e. The number of carbonyl (C=O) groups is 1. The monoisotopic (exact) mass is 276 g/mol. The molecular formula is C14H29ClN2O. The van der Waals surface area contributed by atoms with Gasteiger partial charge in [0, 0.05) is 6.04 Å². The zero-order valence-corrected chi connectivity index (χ0v) is 12.8. The predicted molar refractivity (Wildman–Crippen MR) is 78.9 cm³/mol. The Bertz CT molecular complexity index is 248. The molecule has 0 bridgehead atoms. The van der Waals surface area contributed by atoms with E-state index in [1.807, 2.05) is 6.92 Å². The van der Waals surface area contributed by atoms with E-state index in [0.29, 0.717) is 6.04 Å². The molecule has 0 aromatic carbocycles. The van der Waals surface area contributed by atoms with Gasteiger partial charge in [0.25, 0.3) is 0 Å². The van der Waals surface area contributed by atoms with Crippen LogP contribution in [0.5, 0.6) is 0 Å². The normalized spacial score (nSPS) is 26.9. The first-order valence-corrected chi connectivity index (χ1v) is 7.09. The Kier molecular flexibility index (Phi) is 7.88. The first kappa shape index (κ1) is 17.7. The van der Waals surface area contributed by atoms with Crippen molar-refractivity contribution in [3.8, 4) is 0 Å². The average Bonchev–Trinajstić information content (AvgIpc) is 2.30. The number of halogens is 1. The highest BCUT2D eigenvalue weighted by molar-refractivity contribution is 5.86. The second-order valence-corrected chi connectivity index (χ2v) is 5.77. The maximum absolute atomic E-state index is 12.0. The number of nitrogens with one attached hydrogen (secondary N) is 1. The smallest absolute Gasteiger partial charge is 0.240 e.